The van der Waals surface area contributed by atoms with Crippen molar-refractivity contribution >= 4 is 21.9 Å². The molecule has 21 heavy (non-hydrogen) atoms. The molecule has 0 amide bonds. The number of halogens is 1. The molecular weight excluding hydrogens is 336 g/mol. The van der Waals surface area contributed by atoms with Crippen LogP contribution in [-0.4, -0.2) is 21.2 Å². The van der Waals surface area contributed by atoms with Gasteiger partial charge in [-0.25, -0.2) is 4.79 Å². The first-order valence-corrected chi connectivity index (χ1v) is 6.86. The zero-order valence-corrected chi connectivity index (χ0v) is 12.2. The summed E-state index contributed by atoms with van der Waals surface area (Å²) in [4.78, 5) is 15.1. The van der Waals surface area contributed by atoms with E-state index >= 15 is 0 Å². The van der Waals surface area contributed by atoms with Crippen LogP contribution in [0.1, 0.15) is 10.4 Å². The third-order valence-electron chi connectivity index (χ3n) is 2.89. The van der Waals surface area contributed by atoms with Crippen LogP contribution in [0.15, 0.2) is 57.5 Å². The first kappa shape index (κ1) is 13.5. The molecule has 0 saturated heterocycles. The molecule has 1 heterocycles. The van der Waals surface area contributed by atoms with E-state index in [2.05, 4.69) is 26.1 Å². The van der Waals surface area contributed by atoms with E-state index < -0.39 is 5.97 Å². The number of hydrogen-bond acceptors (Lipinski definition) is 4. The number of nitrogens with zero attached hydrogens (tertiary/aromatic N) is 2. The van der Waals surface area contributed by atoms with Crippen LogP contribution in [0.3, 0.4) is 0 Å². The standard InChI is InChI=1S/C15H9BrN2O3/c16-12-3-1-2-11(8-12)13-17-14(21-18-13)9-4-6-10(7-5-9)15(19)20/h1-8H,(H,19,20). The minimum Gasteiger partial charge on any atom is -0.478 e. The molecule has 0 radical (unpaired) electrons. The maximum absolute atomic E-state index is 10.8. The Kier molecular flexibility index (Phi) is 3.53. The molecule has 0 aliphatic rings. The summed E-state index contributed by atoms with van der Waals surface area (Å²) in [6.07, 6.45) is 0. The van der Waals surface area contributed by atoms with E-state index in [0.717, 1.165) is 10.0 Å². The minimum atomic E-state index is -0.970. The van der Waals surface area contributed by atoms with Crippen LogP contribution in [-0.2, 0) is 0 Å². The van der Waals surface area contributed by atoms with Gasteiger partial charge in [0.2, 0.25) is 5.82 Å². The summed E-state index contributed by atoms with van der Waals surface area (Å²) < 4.78 is 6.15. The predicted octanol–water partition coefficient (Wildman–Crippen LogP) is 3.86. The summed E-state index contributed by atoms with van der Waals surface area (Å²) in [5.41, 5.74) is 1.72. The molecule has 6 heteroatoms. The summed E-state index contributed by atoms with van der Waals surface area (Å²) in [5.74, 6) is -0.141. The van der Waals surface area contributed by atoms with Crippen LogP contribution in [0.25, 0.3) is 22.8 Å². The molecule has 0 bridgehead atoms. The highest BCUT2D eigenvalue weighted by Crippen LogP contribution is 2.24. The number of rotatable bonds is 3. The average Bonchev–Trinajstić information content (AvgIpc) is 2.97. The maximum Gasteiger partial charge on any atom is 0.335 e. The summed E-state index contributed by atoms with van der Waals surface area (Å²) in [7, 11) is 0. The second-order valence-electron chi connectivity index (χ2n) is 4.32. The first-order valence-electron chi connectivity index (χ1n) is 6.07. The van der Waals surface area contributed by atoms with Gasteiger partial charge >= 0.3 is 5.97 Å². The fourth-order valence-electron chi connectivity index (χ4n) is 1.84. The number of carboxylic acid groups (broad SMARTS) is 1. The van der Waals surface area contributed by atoms with Crippen molar-refractivity contribution in [2.24, 2.45) is 0 Å². The van der Waals surface area contributed by atoms with Gasteiger partial charge < -0.3 is 9.63 Å². The highest BCUT2D eigenvalue weighted by atomic mass is 79.9. The van der Waals surface area contributed by atoms with E-state index in [1.54, 1.807) is 12.1 Å². The highest BCUT2D eigenvalue weighted by Gasteiger charge is 2.11. The van der Waals surface area contributed by atoms with Gasteiger partial charge in [-0.2, -0.15) is 4.98 Å². The second kappa shape index (κ2) is 5.49. The van der Waals surface area contributed by atoms with E-state index in [4.69, 9.17) is 9.63 Å². The molecule has 3 aromatic rings. The molecule has 0 unspecified atom stereocenters. The van der Waals surface area contributed by atoms with Gasteiger partial charge in [0, 0.05) is 15.6 Å². The third-order valence-corrected chi connectivity index (χ3v) is 3.38. The van der Waals surface area contributed by atoms with E-state index in [9.17, 15) is 4.79 Å². The molecule has 3 rings (SSSR count). The Balaban J connectivity index is 1.93. The first-order chi connectivity index (χ1) is 10.1. The summed E-state index contributed by atoms with van der Waals surface area (Å²) in [5, 5.41) is 12.8. The Morgan fingerprint density at radius 1 is 1.10 bits per heavy atom. The lowest BCUT2D eigenvalue weighted by Gasteiger charge is -1.96. The van der Waals surface area contributed by atoms with Crippen molar-refractivity contribution in [2.45, 2.75) is 0 Å². The summed E-state index contributed by atoms with van der Waals surface area (Å²) >= 11 is 3.39. The molecule has 1 N–H and O–H groups in total. The predicted molar refractivity (Wildman–Crippen MR) is 79.8 cm³/mol. The topological polar surface area (TPSA) is 76.2 Å². The molecule has 0 saturated carbocycles. The number of aromatic carboxylic acids is 1. The lowest BCUT2D eigenvalue weighted by molar-refractivity contribution is 0.0697. The highest BCUT2D eigenvalue weighted by molar-refractivity contribution is 9.10. The molecule has 0 aliphatic heterocycles. The van der Waals surface area contributed by atoms with Crippen LogP contribution >= 0.6 is 15.9 Å². The van der Waals surface area contributed by atoms with Crippen molar-refractivity contribution in [2.75, 3.05) is 0 Å². The van der Waals surface area contributed by atoms with Gasteiger partial charge in [0.1, 0.15) is 0 Å². The molecule has 5 nitrogen and oxygen atoms in total. The zero-order valence-electron chi connectivity index (χ0n) is 10.7. The van der Waals surface area contributed by atoms with Gasteiger partial charge in [-0.15, -0.1) is 0 Å². The molecule has 1 aromatic heterocycles. The normalized spacial score (nSPS) is 10.5. The number of aromatic nitrogens is 2. The van der Waals surface area contributed by atoms with E-state index in [1.807, 2.05) is 24.3 Å². The van der Waals surface area contributed by atoms with Gasteiger partial charge in [0.25, 0.3) is 5.89 Å². The number of hydrogen-bond donors (Lipinski definition) is 1. The lowest BCUT2D eigenvalue weighted by Crippen LogP contribution is -1.94. The van der Waals surface area contributed by atoms with Crippen molar-refractivity contribution in [1.82, 2.24) is 10.1 Å². The fourth-order valence-corrected chi connectivity index (χ4v) is 2.24. The van der Waals surface area contributed by atoms with Crippen molar-refractivity contribution in [3.8, 4) is 22.8 Å². The second-order valence-corrected chi connectivity index (χ2v) is 5.23. The van der Waals surface area contributed by atoms with Crippen molar-refractivity contribution in [3.05, 3.63) is 58.6 Å². The lowest BCUT2D eigenvalue weighted by atomic mass is 10.1. The number of carbonyl (C=O) groups is 1. The Hall–Kier alpha value is -2.47. The van der Waals surface area contributed by atoms with Gasteiger partial charge in [0.15, 0.2) is 0 Å². The van der Waals surface area contributed by atoms with Crippen LogP contribution in [0.2, 0.25) is 0 Å². The Morgan fingerprint density at radius 2 is 1.86 bits per heavy atom. The smallest absolute Gasteiger partial charge is 0.335 e. The Labute approximate surface area is 128 Å². The maximum atomic E-state index is 10.8. The van der Waals surface area contributed by atoms with Crippen LogP contribution in [0.5, 0.6) is 0 Å². The monoisotopic (exact) mass is 344 g/mol. The number of benzene rings is 2. The molecule has 0 spiro atoms. The van der Waals surface area contributed by atoms with Crippen molar-refractivity contribution in [3.63, 3.8) is 0 Å². The molecule has 0 atom stereocenters. The largest absolute Gasteiger partial charge is 0.478 e. The van der Waals surface area contributed by atoms with Crippen LogP contribution in [0.4, 0.5) is 0 Å². The van der Waals surface area contributed by atoms with Gasteiger partial charge in [-0.3, -0.25) is 0 Å². The summed E-state index contributed by atoms with van der Waals surface area (Å²) in [6, 6.07) is 13.9. The summed E-state index contributed by atoms with van der Waals surface area (Å²) in [6.45, 7) is 0. The molecular formula is C15H9BrN2O3. The molecule has 104 valence electrons. The number of carboxylic acids is 1. The molecule has 0 aliphatic carbocycles. The van der Waals surface area contributed by atoms with E-state index in [-0.39, 0.29) is 5.56 Å². The van der Waals surface area contributed by atoms with Crippen molar-refractivity contribution < 1.29 is 14.4 Å². The van der Waals surface area contributed by atoms with Gasteiger partial charge in [0.05, 0.1) is 5.56 Å². The SMILES string of the molecule is O=C(O)c1ccc(-c2nc(-c3cccc(Br)c3)no2)cc1. The minimum absolute atomic E-state index is 0.213. The van der Waals surface area contributed by atoms with E-state index in [1.165, 1.54) is 12.1 Å². The third kappa shape index (κ3) is 2.85. The quantitative estimate of drug-likeness (QED) is 0.780. The Morgan fingerprint density at radius 3 is 2.52 bits per heavy atom. The fraction of sp³-hybridized carbons (Fsp3) is 0. The Bertz CT molecular complexity index is 797. The van der Waals surface area contributed by atoms with Crippen LogP contribution < -0.4 is 0 Å². The van der Waals surface area contributed by atoms with Gasteiger partial charge in [-0.1, -0.05) is 33.2 Å². The van der Waals surface area contributed by atoms with Crippen molar-refractivity contribution in [1.29, 1.82) is 0 Å². The molecule has 0 fully saturated rings. The van der Waals surface area contributed by atoms with E-state index in [0.29, 0.717) is 17.3 Å². The average molecular weight is 345 g/mol. The zero-order chi connectivity index (χ0) is 14.8. The van der Waals surface area contributed by atoms with Gasteiger partial charge in [-0.05, 0) is 36.4 Å². The molecule has 2 aromatic carbocycles. The van der Waals surface area contributed by atoms with Crippen LogP contribution in [0, 0.1) is 0 Å².